The number of para-hydroxylation sites is 1. The largest absolute Gasteiger partial charge is 0.409 e. The first kappa shape index (κ1) is 11.2. The zero-order chi connectivity index (χ0) is 13.2. The Morgan fingerprint density at radius 1 is 1.16 bits per heavy atom. The number of benzene rings is 1. The van der Waals surface area contributed by atoms with Gasteiger partial charge in [-0.05, 0) is 18.2 Å². The van der Waals surface area contributed by atoms with E-state index in [1.807, 2.05) is 30.3 Å². The minimum Gasteiger partial charge on any atom is -0.409 e. The van der Waals surface area contributed by atoms with Gasteiger partial charge in [0.2, 0.25) is 0 Å². The van der Waals surface area contributed by atoms with Crippen LogP contribution in [0.25, 0.3) is 16.6 Å². The summed E-state index contributed by atoms with van der Waals surface area (Å²) in [6.45, 7) is 0. The van der Waals surface area contributed by atoms with Gasteiger partial charge in [0, 0.05) is 5.39 Å². The molecule has 0 radical (unpaired) electrons. The maximum Gasteiger partial charge on any atom is 0.188 e. The summed E-state index contributed by atoms with van der Waals surface area (Å²) in [6, 6.07) is 11.4. The first-order valence-corrected chi connectivity index (χ1v) is 5.66. The lowest BCUT2D eigenvalue weighted by Gasteiger charge is -2.04. The summed E-state index contributed by atoms with van der Waals surface area (Å²) in [5.74, 6) is -0.0168. The Labute approximate surface area is 108 Å². The van der Waals surface area contributed by atoms with Gasteiger partial charge in [0.15, 0.2) is 5.84 Å². The second kappa shape index (κ2) is 4.41. The minimum atomic E-state index is -0.0168. The zero-order valence-corrected chi connectivity index (χ0v) is 9.93. The van der Waals surface area contributed by atoms with Crippen LogP contribution >= 0.6 is 0 Å². The van der Waals surface area contributed by atoms with E-state index in [9.17, 15) is 0 Å². The van der Waals surface area contributed by atoms with Crippen molar-refractivity contribution in [2.24, 2.45) is 10.9 Å². The molecule has 6 heteroatoms. The van der Waals surface area contributed by atoms with Crippen LogP contribution in [0.2, 0.25) is 0 Å². The summed E-state index contributed by atoms with van der Waals surface area (Å²) >= 11 is 0. The number of aromatic nitrogens is 3. The Morgan fingerprint density at radius 2 is 2.00 bits per heavy atom. The van der Waals surface area contributed by atoms with Crippen molar-refractivity contribution in [3.8, 4) is 5.69 Å². The van der Waals surface area contributed by atoms with Gasteiger partial charge < -0.3 is 10.9 Å². The first-order valence-electron chi connectivity index (χ1n) is 5.66. The van der Waals surface area contributed by atoms with E-state index in [2.05, 4.69) is 15.2 Å². The SMILES string of the molecule is N/C(=N/O)c1ccc(-n2ncc3ccccc32)cn1. The Hall–Kier alpha value is -2.89. The standard InChI is InChI=1S/C13H11N5O/c14-13(17-19)11-6-5-10(8-15-11)18-12-4-2-1-3-9(12)7-16-18/h1-8,19H,(H2,14,17). The van der Waals surface area contributed by atoms with E-state index in [0.29, 0.717) is 5.69 Å². The molecule has 3 N–H and O–H groups in total. The van der Waals surface area contributed by atoms with Crippen LogP contribution in [0.1, 0.15) is 5.69 Å². The Balaban J connectivity index is 2.07. The highest BCUT2D eigenvalue weighted by Gasteiger charge is 2.06. The number of nitrogens with two attached hydrogens (primary N) is 1. The molecule has 0 fully saturated rings. The monoisotopic (exact) mass is 253 g/mol. The number of fused-ring (bicyclic) bond motifs is 1. The molecule has 3 rings (SSSR count). The lowest BCUT2D eigenvalue weighted by molar-refractivity contribution is 0.318. The molecule has 0 amide bonds. The van der Waals surface area contributed by atoms with Crippen molar-refractivity contribution in [3.63, 3.8) is 0 Å². The van der Waals surface area contributed by atoms with Crippen molar-refractivity contribution in [1.29, 1.82) is 0 Å². The molecule has 0 saturated carbocycles. The van der Waals surface area contributed by atoms with Gasteiger partial charge in [-0.3, -0.25) is 4.98 Å². The van der Waals surface area contributed by atoms with E-state index in [1.165, 1.54) is 0 Å². The van der Waals surface area contributed by atoms with E-state index < -0.39 is 0 Å². The van der Waals surface area contributed by atoms with Crippen molar-refractivity contribution in [1.82, 2.24) is 14.8 Å². The Bertz CT molecular complexity index is 745. The summed E-state index contributed by atoms with van der Waals surface area (Å²) < 4.78 is 1.79. The number of nitrogens with zero attached hydrogens (tertiary/aromatic N) is 4. The number of amidine groups is 1. The predicted molar refractivity (Wildman–Crippen MR) is 71.4 cm³/mol. The normalized spacial score (nSPS) is 11.9. The van der Waals surface area contributed by atoms with Gasteiger partial charge in [-0.25, -0.2) is 4.68 Å². The third-order valence-electron chi connectivity index (χ3n) is 2.84. The van der Waals surface area contributed by atoms with E-state index in [4.69, 9.17) is 10.9 Å². The van der Waals surface area contributed by atoms with Gasteiger partial charge >= 0.3 is 0 Å². The third-order valence-corrected chi connectivity index (χ3v) is 2.84. The molecule has 0 aliphatic rings. The second-order valence-corrected chi connectivity index (χ2v) is 4.00. The number of oxime groups is 1. The van der Waals surface area contributed by atoms with Crippen LogP contribution in [0.5, 0.6) is 0 Å². The summed E-state index contributed by atoms with van der Waals surface area (Å²) in [4.78, 5) is 4.14. The van der Waals surface area contributed by atoms with E-state index in [-0.39, 0.29) is 5.84 Å². The molecule has 19 heavy (non-hydrogen) atoms. The lowest BCUT2D eigenvalue weighted by atomic mass is 10.2. The molecule has 1 aromatic carbocycles. The first-order chi connectivity index (χ1) is 9.29. The molecule has 2 heterocycles. The molecule has 0 bridgehead atoms. The van der Waals surface area contributed by atoms with Crippen molar-refractivity contribution in [2.45, 2.75) is 0 Å². The molecular weight excluding hydrogens is 242 g/mol. The van der Waals surface area contributed by atoms with Crippen LogP contribution in [0, 0.1) is 0 Å². The Kier molecular flexibility index (Phi) is 2.60. The molecule has 0 saturated heterocycles. The molecule has 0 aliphatic heterocycles. The minimum absolute atomic E-state index is 0.0168. The van der Waals surface area contributed by atoms with Crippen LogP contribution in [0.3, 0.4) is 0 Å². The van der Waals surface area contributed by atoms with Crippen molar-refractivity contribution in [3.05, 3.63) is 54.5 Å². The average Bonchev–Trinajstić information content (AvgIpc) is 2.90. The summed E-state index contributed by atoms with van der Waals surface area (Å²) in [6.07, 6.45) is 3.43. The summed E-state index contributed by atoms with van der Waals surface area (Å²) in [5, 5.41) is 16.9. The van der Waals surface area contributed by atoms with Gasteiger partial charge in [-0.15, -0.1) is 0 Å². The molecule has 3 aromatic rings. The van der Waals surface area contributed by atoms with Gasteiger partial charge in [-0.2, -0.15) is 5.10 Å². The summed E-state index contributed by atoms with van der Waals surface area (Å²) in [5.41, 5.74) is 7.70. The number of rotatable bonds is 2. The fourth-order valence-electron chi connectivity index (χ4n) is 1.89. The maximum absolute atomic E-state index is 8.59. The van der Waals surface area contributed by atoms with Crippen LogP contribution < -0.4 is 5.73 Å². The topological polar surface area (TPSA) is 89.3 Å². The predicted octanol–water partition coefficient (Wildman–Crippen LogP) is 1.51. The van der Waals surface area contributed by atoms with E-state index >= 15 is 0 Å². The lowest BCUT2D eigenvalue weighted by Crippen LogP contribution is -2.15. The van der Waals surface area contributed by atoms with E-state index in [1.54, 1.807) is 23.1 Å². The van der Waals surface area contributed by atoms with E-state index in [0.717, 1.165) is 16.6 Å². The second-order valence-electron chi connectivity index (χ2n) is 4.00. The quantitative estimate of drug-likeness (QED) is 0.313. The van der Waals surface area contributed by atoms with Crippen LogP contribution in [-0.4, -0.2) is 25.8 Å². The number of hydrogen-bond donors (Lipinski definition) is 2. The van der Waals surface area contributed by atoms with Crippen molar-refractivity contribution in [2.75, 3.05) is 0 Å². The fraction of sp³-hybridized carbons (Fsp3) is 0. The van der Waals surface area contributed by atoms with Gasteiger partial charge in [0.25, 0.3) is 0 Å². The molecule has 6 nitrogen and oxygen atoms in total. The smallest absolute Gasteiger partial charge is 0.188 e. The van der Waals surface area contributed by atoms with Gasteiger partial charge in [-0.1, -0.05) is 23.4 Å². The number of hydrogen-bond acceptors (Lipinski definition) is 4. The summed E-state index contributed by atoms with van der Waals surface area (Å²) in [7, 11) is 0. The maximum atomic E-state index is 8.59. The highest BCUT2D eigenvalue weighted by molar-refractivity contribution is 5.95. The van der Waals surface area contributed by atoms with Crippen molar-refractivity contribution < 1.29 is 5.21 Å². The average molecular weight is 253 g/mol. The Morgan fingerprint density at radius 3 is 2.74 bits per heavy atom. The van der Waals surface area contributed by atoms with Gasteiger partial charge in [0.1, 0.15) is 5.69 Å². The molecule has 0 atom stereocenters. The molecule has 94 valence electrons. The molecule has 0 spiro atoms. The fourth-order valence-corrected chi connectivity index (χ4v) is 1.89. The number of pyridine rings is 1. The third kappa shape index (κ3) is 1.89. The molecular formula is C13H11N5O. The van der Waals surface area contributed by atoms with Crippen LogP contribution in [0.4, 0.5) is 0 Å². The highest BCUT2D eigenvalue weighted by Crippen LogP contribution is 2.17. The van der Waals surface area contributed by atoms with Gasteiger partial charge in [0.05, 0.1) is 23.6 Å². The molecule has 0 aliphatic carbocycles. The molecule has 2 aromatic heterocycles. The van der Waals surface area contributed by atoms with Crippen molar-refractivity contribution >= 4 is 16.7 Å². The highest BCUT2D eigenvalue weighted by atomic mass is 16.4. The van der Waals surface area contributed by atoms with Crippen LogP contribution in [-0.2, 0) is 0 Å². The van der Waals surface area contributed by atoms with Crippen LogP contribution in [0.15, 0.2) is 53.9 Å². The molecule has 0 unspecified atom stereocenters. The zero-order valence-electron chi connectivity index (χ0n) is 9.93.